The molecule has 0 N–H and O–H groups in total. The van der Waals surface area contributed by atoms with E-state index in [1.54, 1.807) is 0 Å². The maximum Gasteiger partial charge on any atom is 0.214 e. The van der Waals surface area contributed by atoms with Crippen LogP contribution in [0.2, 0.25) is 5.02 Å². The standard InChI is InChI=1S/C25H23ClN2O2/c1-3-29-24-13-12-17(14-20(24)26)21-15-22-19-10-6-7-11-23(19)30-25(28(22)27-21)18-9-5-4-8-16(18)2/h4-14,22,25H,3,15H2,1-2H3. The number of hydrogen-bond donors (Lipinski definition) is 0. The number of ether oxygens (including phenoxy) is 2. The van der Waals surface area contributed by atoms with E-state index < -0.39 is 0 Å². The predicted molar refractivity (Wildman–Crippen MR) is 119 cm³/mol. The lowest BCUT2D eigenvalue weighted by atomic mass is 9.95. The number of aryl methyl sites for hydroxylation is 1. The first-order valence-electron chi connectivity index (χ1n) is 10.3. The topological polar surface area (TPSA) is 34.1 Å². The van der Waals surface area contributed by atoms with Gasteiger partial charge in [0.05, 0.1) is 23.4 Å². The molecular weight excluding hydrogens is 396 g/mol. The van der Waals surface area contributed by atoms with E-state index in [9.17, 15) is 0 Å². The lowest BCUT2D eigenvalue weighted by Gasteiger charge is -2.38. The molecule has 2 atom stereocenters. The van der Waals surface area contributed by atoms with Crippen LogP contribution in [0.4, 0.5) is 0 Å². The van der Waals surface area contributed by atoms with Gasteiger partial charge in [0.15, 0.2) is 0 Å². The summed E-state index contributed by atoms with van der Waals surface area (Å²) in [6.45, 7) is 4.65. The minimum Gasteiger partial charge on any atom is -0.492 e. The zero-order valence-corrected chi connectivity index (χ0v) is 17.8. The van der Waals surface area contributed by atoms with Crippen LogP contribution in [-0.4, -0.2) is 17.3 Å². The Balaban J connectivity index is 1.56. The monoisotopic (exact) mass is 418 g/mol. The van der Waals surface area contributed by atoms with Gasteiger partial charge in [0.2, 0.25) is 6.23 Å². The van der Waals surface area contributed by atoms with Crippen molar-refractivity contribution in [2.24, 2.45) is 5.10 Å². The molecule has 0 aliphatic carbocycles. The van der Waals surface area contributed by atoms with Crippen molar-refractivity contribution < 1.29 is 9.47 Å². The van der Waals surface area contributed by atoms with Crippen LogP contribution < -0.4 is 9.47 Å². The number of nitrogens with zero attached hydrogens (tertiary/aromatic N) is 2. The second-order valence-electron chi connectivity index (χ2n) is 7.59. The van der Waals surface area contributed by atoms with E-state index in [1.165, 1.54) is 5.56 Å². The molecule has 0 fully saturated rings. The lowest BCUT2D eigenvalue weighted by molar-refractivity contribution is -0.0194. The number of halogens is 1. The quantitative estimate of drug-likeness (QED) is 0.499. The molecule has 152 valence electrons. The van der Waals surface area contributed by atoms with Crippen molar-refractivity contribution in [3.05, 3.63) is 94.0 Å². The molecule has 0 saturated carbocycles. The molecule has 0 spiro atoms. The SMILES string of the molecule is CCOc1ccc(C2=NN3C(C2)c2ccccc2OC3c2ccccc2C)cc1Cl. The zero-order valence-electron chi connectivity index (χ0n) is 17.0. The summed E-state index contributed by atoms with van der Waals surface area (Å²) in [6, 6.07) is 22.6. The second kappa shape index (κ2) is 7.69. The van der Waals surface area contributed by atoms with Crippen LogP contribution in [0, 0.1) is 6.92 Å². The predicted octanol–water partition coefficient (Wildman–Crippen LogP) is 6.29. The molecule has 2 heterocycles. The van der Waals surface area contributed by atoms with Gasteiger partial charge in [-0.25, -0.2) is 5.01 Å². The van der Waals surface area contributed by atoms with Crippen molar-refractivity contribution in [2.45, 2.75) is 32.5 Å². The third kappa shape index (κ3) is 3.21. The fourth-order valence-electron chi connectivity index (χ4n) is 4.23. The molecule has 3 aromatic rings. The molecule has 5 rings (SSSR count). The fourth-order valence-corrected chi connectivity index (χ4v) is 4.47. The first-order chi connectivity index (χ1) is 14.7. The molecule has 0 radical (unpaired) electrons. The van der Waals surface area contributed by atoms with Gasteiger partial charge >= 0.3 is 0 Å². The normalized spacial score (nSPS) is 19.6. The van der Waals surface area contributed by atoms with E-state index in [0.717, 1.165) is 34.6 Å². The van der Waals surface area contributed by atoms with E-state index in [4.69, 9.17) is 26.2 Å². The van der Waals surface area contributed by atoms with Crippen molar-refractivity contribution in [3.8, 4) is 11.5 Å². The van der Waals surface area contributed by atoms with E-state index in [0.29, 0.717) is 17.4 Å². The number of hydrogen-bond acceptors (Lipinski definition) is 4. The first-order valence-corrected chi connectivity index (χ1v) is 10.6. The molecule has 0 saturated heterocycles. The van der Waals surface area contributed by atoms with Crippen molar-refractivity contribution in [2.75, 3.05) is 6.61 Å². The van der Waals surface area contributed by atoms with Crippen molar-refractivity contribution in [1.29, 1.82) is 0 Å². The third-order valence-electron chi connectivity index (χ3n) is 5.72. The second-order valence-corrected chi connectivity index (χ2v) is 8.00. The van der Waals surface area contributed by atoms with Crippen molar-refractivity contribution in [1.82, 2.24) is 5.01 Å². The van der Waals surface area contributed by atoms with Crippen LogP contribution in [-0.2, 0) is 0 Å². The Morgan fingerprint density at radius 2 is 1.83 bits per heavy atom. The highest BCUT2D eigenvalue weighted by molar-refractivity contribution is 6.32. The highest BCUT2D eigenvalue weighted by Crippen LogP contribution is 2.48. The van der Waals surface area contributed by atoms with Crippen LogP contribution in [0.5, 0.6) is 11.5 Å². The van der Waals surface area contributed by atoms with Crippen LogP contribution >= 0.6 is 11.6 Å². The van der Waals surface area contributed by atoms with Gasteiger partial charge in [0, 0.05) is 17.5 Å². The summed E-state index contributed by atoms with van der Waals surface area (Å²) in [5, 5.41) is 7.73. The summed E-state index contributed by atoms with van der Waals surface area (Å²) in [4.78, 5) is 0. The van der Waals surface area contributed by atoms with E-state index in [1.807, 2.05) is 49.4 Å². The van der Waals surface area contributed by atoms with Crippen LogP contribution in [0.1, 0.15) is 47.9 Å². The molecule has 30 heavy (non-hydrogen) atoms. The molecular formula is C25H23ClN2O2. The summed E-state index contributed by atoms with van der Waals surface area (Å²) in [7, 11) is 0. The van der Waals surface area contributed by atoms with Gasteiger partial charge in [0.25, 0.3) is 0 Å². The molecule has 4 nitrogen and oxygen atoms in total. The summed E-state index contributed by atoms with van der Waals surface area (Å²) in [5.41, 5.74) is 5.50. The van der Waals surface area contributed by atoms with Gasteiger partial charge < -0.3 is 9.47 Å². The highest BCUT2D eigenvalue weighted by Gasteiger charge is 2.41. The van der Waals surface area contributed by atoms with Crippen LogP contribution in [0.25, 0.3) is 0 Å². The number of fused-ring (bicyclic) bond motifs is 3. The Labute approximate surface area is 181 Å². The third-order valence-corrected chi connectivity index (χ3v) is 6.01. The Morgan fingerprint density at radius 1 is 1.07 bits per heavy atom. The summed E-state index contributed by atoms with van der Waals surface area (Å²) < 4.78 is 12.0. The highest BCUT2D eigenvalue weighted by atomic mass is 35.5. The average molecular weight is 419 g/mol. The fraction of sp³-hybridized carbons (Fsp3) is 0.240. The number of benzene rings is 3. The summed E-state index contributed by atoms with van der Waals surface area (Å²) in [6.07, 6.45) is 0.536. The van der Waals surface area contributed by atoms with Gasteiger partial charge in [0.1, 0.15) is 11.5 Å². The molecule has 0 bridgehead atoms. The average Bonchev–Trinajstić information content (AvgIpc) is 3.21. The summed E-state index contributed by atoms with van der Waals surface area (Å²) >= 11 is 6.45. The van der Waals surface area contributed by atoms with E-state index in [2.05, 4.69) is 36.2 Å². The maximum atomic E-state index is 6.45. The van der Waals surface area contributed by atoms with Gasteiger partial charge in [-0.15, -0.1) is 0 Å². The Kier molecular flexibility index (Phi) is 4.87. The van der Waals surface area contributed by atoms with Crippen LogP contribution in [0.15, 0.2) is 71.8 Å². The number of hydrazone groups is 1. The number of rotatable bonds is 4. The molecule has 2 unspecified atom stereocenters. The molecule has 0 aromatic heterocycles. The Morgan fingerprint density at radius 3 is 2.60 bits per heavy atom. The van der Waals surface area contributed by atoms with E-state index in [-0.39, 0.29) is 12.3 Å². The summed E-state index contributed by atoms with van der Waals surface area (Å²) in [5.74, 6) is 1.62. The Hall–Kier alpha value is -2.98. The molecule has 0 amide bonds. The minimum absolute atomic E-state index is 0.125. The van der Waals surface area contributed by atoms with Crippen LogP contribution in [0.3, 0.4) is 0 Å². The molecule has 2 aliphatic rings. The molecule has 5 heteroatoms. The molecule has 2 aliphatic heterocycles. The Bertz CT molecular complexity index is 1130. The number of para-hydroxylation sites is 1. The van der Waals surface area contributed by atoms with Gasteiger partial charge in [-0.3, -0.25) is 0 Å². The van der Waals surface area contributed by atoms with Gasteiger partial charge in [-0.1, -0.05) is 54.1 Å². The smallest absolute Gasteiger partial charge is 0.214 e. The van der Waals surface area contributed by atoms with Crippen molar-refractivity contribution >= 4 is 17.3 Å². The zero-order chi connectivity index (χ0) is 20.7. The van der Waals surface area contributed by atoms with E-state index >= 15 is 0 Å². The lowest BCUT2D eigenvalue weighted by Crippen LogP contribution is -2.34. The maximum absolute atomic E-state index is 6.45. The first kappa shape index (κ1) is 19.0. The minimum atomic E-state index is -0.262. The van der Waals surface area contributed by atoms with Gasteiger partial charge in [-0.05, 0) is 49.2 Å². The van der Waals surface area contributed by atoms with Gasteiger partial charge in [-0.2, -0.15) is 5.10 Å². The largest absolute Gasteiger partial charge is 0.492 e. The van der Waals surface area contributed by atoms with Crippen molar-refractivity contribution in [3.63, 3.8) is 0 Å². The molecule has 3 aromatic carbocycles.